The number of carboxylic acid groups (broad SMARTS) is 1. The van der Waals surface area contributed by atoms with Gasteiger partial charge in [-0.3, -0.25) is 14.7 Å². The third-order valence-corrected chi connectivity index (χ3v) is 5.72. The van der Waals surface area contributed by atoms with E-state index in [9.17, 15) is 14.4 Å². The van der Waals surface area contributed by atoms with Crippen LogP contribution in [0, 0.1) is 6.92 Å². The van der Waals surface area contributed by atoms with Gasteiger partial charge in [-0.15, -0.1) is 0 Å². The fourth-order valence-corrected chi connectivity index (χ4v) is 3.97. The smallest absolute Gasteiger partial charge is 0.335 e. The summed E-state index contributed by atoms with van der Waals surface area (Å²) in [5, 5.41) is 18.5. The van der Waals surface area contributed by atoms with Gasteiger partial charge in [0.05, 0.1) is 28.6 Å². The van der Waals surface area contributed by atoms with E-state index < -0.39 is 5.97 Å². The molecule has 4 rings (SSSR count). The van der Waals surface area contributed by atoms with Gasteiger partial charge in [-0.2, -0.15) is 5.10 Å². The number of rotatable bonds is 6. The van der Waals surface area contributed by atoms with Crippen molar-refractivity contribution in [2.24, 2.45) is 0 Å². The lowest BCUT2D eigenvalue weighted by atomic mass is 9.90. The Bertz CT molecular complexity index is 1170. The van der Waals surface area contributed by atoms with E-state index in [-0.39, 0.29) is 29.8 Å². The van der Waals surface area contributed by atoms with Crippen molar-refractivity contribution in [2.75, 3.05) is 13.1 Å². The second-order valence-electron chi connectivity index (χ2n) is 7.96. The van der Waals surface area contributed by atoms with Gasteiger partial charge in [0.1, 0.15) is 5.82 Å². The molecule has 0 saturated carbocycles. The van der Waals surface area contributed by atoms with Crippen molar-refractivity contribution in [3.8, 4) is 0 Å². The highest BCUT2D eigenvalue weighted by Gasteiger charge is 2.29. The van der Waals surface area contributed by atoms with E-state index in [1.54, 1.807) is 30.2 Å². The molecule has 0 atom stereocenters. The van der Waals surface area contributed by atoms with Gasteiger partial charge in [0.25, 0.3) is 11.8 Å². The summed E-state index contributed by atoms with van der Waals surface area (Å²) in [5.74, 6) is -0.802. The second-order valence-corrected chi connectivity index (χ2v) is 7.96. The van der Waals surface area contributed by atoms with E-state index in [1.807, 2.05) is 0 Å². The summed E-state index contributed by atoms with van der Waals surface area (Å²) in [6.07, 6.45) is 5.99. The normalized spacial score (nSPS) is 14.2. The number of hydrogen-bond acceptors (Lipinski definition) is 6. The maximum absolute atomic E-state index is 13.0. The SMILES string of the molecule is Cc1ncc(C(=O)NCc2cccc(C(=O)O)c2)c(C2CCN(C(=O)c3cn[nH]c3)CC2)n1. The summed E-state index contributed by atoms with van der Waals surface area (Å²) in [6.45, 7) is 3.08. The van der Waals surface area contributed by atoms with Crippen LogP contribution >= 0.6 is 0 Å². The number of nitrogens with zero attached hydrogens (tertiary/aromatic N) is 4. The number of aryl methyl sites for hydroxylation is 1. The lowest BCUT2D eigenvalue weighted by molar-refractivity contribution is 0.0692. The van der Waals surface area contributed by atoms with Gasteiger partial charge in [0.2, 0.25) is 0 Å². The molecular formula is C23H24N6O4. The summed E-state index contributed by atoms with van der Waals surface area (Å²) in [5.41, 5.74) is 2.45. The van der Waals surface area contributed by atoms with E-state index in [0.29, 0.717) is 54.1 Å². The number of hydrogen-bond donors (Lipinski definition) is 3. The fraction of sp³-hybridized carbons (Fsp3) is 0.304. The topological polar surface area (TPSA) is 141 Å². The molecule has 3 N–H and O–H groups in total. The van der Waals surface area contributed by atoms with E-state index in [0.717, 1.165) is 0 Å². The van der Waals surface area contributed by atoms with Crippen LogP contribution in [0.1, 0.15) is 66.9 Å². The van der Waals surface area contributed by atoms with Crippen molar-refractivity contribution in [3.05, 3.63) is 76.6 Å². The molecule has 1 aliphatic heterocycles. The van der Waals surface area contributed by atoms with Crippen LogP contribution < -0.4 is 5.32 Å². The highest BCUT2D eigenvalue weighted by atomic mass is 16.4. The number of piperidine rings is 1. The molecule has 2 amide bonds. The number of H-pyrrole nitrogens is 1. The van der Waals surface area contributed by atoms with Gasteiger partial charge in [-0.1, -0.05) is 12.1 Å². The minimum atomic E-state index is -1.02. The average Bonchev–Trinajstić information content (AvgIpc) is 3.37. The number of aromatic amines is 1. The Hall–Kier alpha value is -4.08. The maximum Gasteiger partial charge on any atom is 0.335 e. The lowest BCUT2D eigenvalue weighted by Gasteiger charge is -2.32. The molecular weight excluding hydrogens is 424 g/mol. The monoisotopic (exact) mass is 448 g/mol. The molecule has 1 aromatic carbocycles. The minimum Gasteiger partial charge on any atom is -0.478 e. The molecule has 0 aliphatic carbocycles. The zero-order valence-corrected chi connectivity index (χ0v) is 18.1. The van der Waals surface area contributed by atoms with Crippen LogP contribution in [0.2, 0.25) is 0 Å². The van der Waals surface area contributed by atoms with Crippen LogP contribution in [-0.4, -0.2) is 61.0 Å². The first-order valence-electron chi connectivity index (χ1n) is 10.6. The van der Waals surface area contributed by atoms with Crippen LogP contribution in [-0.2, 0) is 6.54 Å². The Kier molecular flexibility index (Phi) is 6.43. The van der Waals surface area contributed by atoms with Crippen molar-refractivity contribution in [2.45, 2.75) is 32.2 Å². The van der Waals surface area contributed by atoms with Gasteiger partial charge < -0.3 is 15.3 Å². The lowest BCUT2D eigenvalue weighted by Crippen LogP contribution is -2.38. The largest absolute Gasteiger partial charge is 0.478 e. The van der Waals surface area contributed by atoms with Gasteiger partial charge >= 0.3 is 5.97 Å². The van der Waals surface area contributed by atoms with E-state index in [4.69, 9.17) is 5.11 Å². The molecule has 0 bridgehead atoms. The molecule has 170 valence electrons. The predicted octanol–water partition coefficient (Wildman–Crippen LogP) is 2.16. The number of nitrogens with one attached hydrogen (secondary N) is 2. The standard InChI is InChI=1S/C23H24N6O4/c1-14-24-13-19(21(30)25-10-15-3-2-4-17(9-15)23(32)33)20(28-14)16-5-7-29(8-6-16)22(31)18-11-26-27-12-18/h2-4,9,11-13,16H,5-8,10H2,1H3,(H,25,30)(H,26,27)(H,32,33). The molecule has 33 heavy (non-hydrogen) atoms. The molecule has 0 unspecified atom stereocenters. The van der Waals surface area contributed by atoms with Crippen molar-refractivity contribution >= 4 is 17.8 Å². The number of carbonyl (C=O) groups is 3. The molecule has 3 aromatic rings. The first-order valence-corrected chi connectivity index (χ1v) is 10.6. The zero-order chi connectivity index (χ0) is 23.4. The van der Waals surface area contributed by atoms with Crippen molar-refractivity contribution in [1.29, 1.82) is 0 Å². The van der Waals surface area contributed by atoms with Crippen molar-refractivity contribution < 1.29 is 19.5 Å². The number of carbonyl (C=O) groups excluding carboxylic acids is 2. The molecule has 2 aromatic heterocycles. The van der Waals surface area contributed by atoms with Crippen LogP contribution in [0.3, 0.4) is 0 Å². The van der Waals surface area contributed by atoms with Crippen molar-refractivity contribution in [1.82, 2.24) is 30.4 Å². The minimum absolute atomic E-state index is 0.0242. The zero-order valence-electron chi connectivity index (χ0n) is 18.1. The Morgan fingerprint density at radius 2 is 1.97 bits per heavy atom. The highest BCUT2D eigenvalue weighted by molar-refractivity contribution is 5.95. The number of aromatic carboxylic acids is 1. The molecule has 1 aliphatic rings. The number of benzene rings is 1. The third kappa shape index (κ3) is 5.05. The second kappa shape index (κ2) is 9.60. The van der Waals surface area contributed by atoms with Crippen LogP contribution in [0.5, 0.6) is 0 Å². The van der Waals surface area contributed by atoms with E-state index in [2.05, 4.69) is 25.5 Å². The van der Waals surface area contributed by atoms with Gasteiger partial charge in [0.15, 0.2) is 0 Å². The van der Waals surface area contributed by atoms with Crippen LogP contribution in [0.4, 0.5) is 0 Å². The number of carboxylic acids is 1. The highest BCUT2D eigenvalue weighted by Crippen LogP contribution is 2.29. The Balaban J connectivity index is 1.44. The molecule has 1 saturated heterocycles. The van der Waals surface area contributed by atoms with Crippen molar-refractivity contribution in [3.63, 3.8) is 0 Å². The molecule has 0 spiro atoms. The quantitative estimate of drug-likeness (QED) is 0.525. The fourth-order valence-electron chi connectivity index (χ4n) is 3.97. The number of aromatic nitrogens is 4. The first-order chi connectivity index (χ1) is 15.9. The molecule has 10 heteroatoms. The summed E-state index contributed by atoms with van der Waals surface area (Å²) in [7, 11) is 0. The van der Waals surface area contributed by atoms with E-state index >= 15 is 0 Å². The molecule has 0 radical (unpaired) electrons. The molecule has 3 heterocycles. The van der Waals surface area contributed by atoms with E-state index in [1.165, 1.54) is 24.5 Å². The Morgan fingerprint density at radius 3 is 2.67 bits per heavy atom. The predicted molar refractivity (Wildman–Crippen MR) is 118 cm³/mol. The van der Waals surface area contributed by atoms with Gasteiger partial charge in [0, 0.05) is 37.9 Å². The Morgan fingerprint density at radius 1 is 1.18 bits per heavy atom. The first kappa shape index (κ1) is 22.1. The number of amides is 2. The third-order valence-electron chi connectivity index (χ3n) is 5.72. The number of likely N-dealkylation sites (tertiary alicyclic amines) is 1. The summed E-state index contributed by atoms with van der Waals surface area (Å²) >= 11 is 0. The summed E-state index contributed by atoms with van der Waals surface area (Å²) in [4.78, 5) is 47.2. The van der Waals surface area contributed by atoms with Gasteiger partial charge in [-0.25, -0.2) is 14.8 Å². The average molecular weight is 448 g/mol. The molecule has 1 fully saturated rings. The Labute approximate surface area is 190 Å². The summed E-state index contributed by atoms with van der Waals surface area (Å²) < 4.78 is 0. The van der Waals surface area contributed by atoms with Crippen LogP contribution in [0.25, 0.3) is 0 Å². The summed E-state index contributed by atoms with van der Waals surface area (Å²) in [6, 6.07) is 6.43. The maximum atomic E-state index is 13.0. The van der Waals surface area contributed by atoms with Crippen LogP contribution in [0.15, 0.2) is 42.9 Å². The van der Waals surface area contributed by atoms with Gasteiger partial charge in [-0.05, 0) is 37.5 Å². The molecule has 10 nitrogen and oxygen atoms in total.